The van der Waals surface area contributed by atoms with E-state index in [1.54, 1.807) is 10.8 Å². The smallest absolute Gasteiger partial charge is 0.243 e. The van der Waals surface area contributed by atoms with Gasteiger partial charge in [-0.2, -0.15) is 0 Å². The lowest BCUT2D eigenvalue weighted by Crippen LogP contribution is -2.51. The van der Waals surface area contributed by atoms with Crippen molar-refractivity contribution in [2.75, 3.05) is 13.1 Å². The average Bonchev–Trinajstić information content (AvgIpc) is 3.76. The number of rotatable bonds is 11. The van der Waals surface area contributed by atoms with Gasteiger partial charge in [-0.05, 0) is 92.8 Å². The minimum atomic E-state index is -0.529. The molecule has 9 nitrogen and oxygen atoms in total. The number of hydrogen-bond acceptors (Lipinski definition) is 6. The van der Waals surface area contributed by atoms with Crippen molar-refractivity contribution in [3.8, 4) is 5.75 Å². The van der Waals surface area contributed by atoms with Gasteiger partial charge in [0.2, 0.25) is 11.8 Å². The molecular weight excluding hydrogens is 552 g/mol. The number of carbonyl (C=O) groups is 2. The standard InChI is InChI=1S/C35H44N6O3/c1-6-8-9-27(7-2)28-19-31(36-21-28)35(43)41-22-26(16-24-10-13-29(14-11-24)44-23(3)4)18-33(41)34(42)37-20-25-12-15-32-30(17-25)38-39-40(32)5/h6-15,17,23,26,28,31,33,36H,1,16,18-22H2,2-5H3,(H,37,42)/b9-8-,27-7+. The van der Waals surface area contributed by atoms with Gasteiger partial charge in [-0.1, -0.05) is 54.3 Å². The molecule has 2 N–H and O–H groups in total. The van der Waals surface area contributed by atoms with E-state index in [1.165, 1.54) is 11.1 Å². The van der Waals surface area contributed by atoms with Crippen LogP contribution in [0.2, 0.25) is 0 Å². The molecule has 3 heterocycles. The van der Waals surface area contributed by atoms with Crippen LogP contribution in [-0.4, -0.2) is 63.0 Å². The van der Waals surface area contributed by atoms with E-state index in [1.807, 2.05) is 69.1 Å². The number of ether oxygens (including phenoxy) is 1. The van der Waals surface area contributed by atoms with Crippen molar-refractivity contribution >= 4 is 22.8 Å². The summed E-state index contributed by atoms with van der Waals surface area (Å²) in [4.78, 5) is 29.5. The van der Waals surface area contributed by atoms with E-state index in [4.69, 9.17) is 4.74 Å². The topological polar surface area (TPSA) is 101 Å². The molecular formula is C35H44N6O3. The zero-order valence-electron chi connectivity index (χ0n) is 26.2. The summed E-state index contributed by atoms with van der Waals surface area (Å²) in [6.07, 6.45) is 10.1. The summed E-state index contributed by atoms with van der Waals surface area (Å²) in [6, 6.07) is 13.2. The minimum Gasteiger partial charge on any atom is -0.491 e. The van der Waals surface area contributed by atoms with E-state index in [0.717, 1.165) is 35.3 Å². The molecule has 2 aliphatic rings. The maximum absolute atomic E-state index is 14.0. The third-order valence-corrected chi connectivity index (χ3v) is 8.59. The van der Waals surface area contributed by atoms with Gasteiger partial charge in [-0.15, -0.1) is 5.10 Å². The lowest BCUT2D eigenvalue weighted by Gasteiger charge is -2.27. The van der Waals surface area contributed by atoms with E-state index < -0.39 is 6.04 Å². The van der Waals surface area contributed by atoms with E-state index in [2.05, 4.69) is 51.8 Å². The summed E-state index contributed by atoms with van der Waals surface area (Å²) in [5, 5.41) is 14.8. The Balaban J connectivity index is 1.29. The summed E-state index contributed by atoms with van der Waals surface area (Å²) in [5.41, 5.74) is 5.01. The van der Waals surface area contributed by atoms with Crippen LogP contribution in [0.4, 0.5) is 0 Å². The monoisotopic (exact) mass is 596 g/mol. The molecule has 4 unspecified atom stereocenters. The highest BCUT2D eigenvalue weighted by atomic mass is 16.5. The summed E-state index contributed by atoms with van der Waals surface area (Å²) in [7, 11) is 1.85. The third kappa shape index (κ3) is 7.27. The van der Waals surface area contributed by atoms with Crippen LogP contribution >= 0.6 is 0 Å². The Morgan fingerprint density at radius 3 is 2.66 bits per heavy atom. The number of aryl methyl sites for hydroxylation is 1. The van der Waals surface area contributed by atoms with Crippen LogP contribution in [0.1, 0.15) is 44.7 Å². The summed E-state index contributed by atoms with van der Waals surface area (Å²) < 4.78 is 7.53. The first-order valence-electron chi connectivity index (χ1n) is 15.6. The van der Waals surface area contributed by atoms with E-state index in [0.29, 0.717) is 25.9 Å². The van der Waals surface area contributed by atoms with Crippen molar-refractivity contribution < 1.29 is 14.3 Å². The van der Waals surface area contributed by atoms with Crippen LogP contribution in [0.15, 0.2) is 78.9 Å². The summed E-state index contributed by atoms with van der Waals surface area (Å²) in [5.74, 6) is 1.12. The van der Waals surface area contributed by atoms with Gasteiger partial charge in [0.15, 0.2) is 0 Å². The fourth-order valence-corrected chi connectivity index (χ4v) is 6.40. The van der Waals surface area contributed by atoms with Crippen LogP contribution in [0.25, 0.3) is 11.0 Å². The molecule has 1 aromatic heterocycles. The molecule has 0 aliphatic carbocycles. The zero-order chi connectivity index (χ0) is 31.2. The van der Waals surface area contributed by atoms with Crippen LogP contribution < -0.4 is 15.4 Å². The molecule has 2 saturated heterocycles. The van der Waals surface area contributed by atoms with Crippen LogP contribution in [0.3, 0.4) is 0 Å². The number of fused-ring (bicyclic) bond motifs is 1. The van der Waals surface area contributed by atoms with Crippen molar-refractivity contribution in [1.29, 1.82) is 0 Å². The molecule has 2 amide bonds. The molecule has 2 aliphatic heterocycles. The first-order valence-corrected chi connectivity index (χ1v) is 15.6. The van der Waals surface area contributed by atoms with Crippen LogP contribution in [-0.2, 0) is 29.6 Å². The Hall–Kier alpha value is -4.24. The van der Waals surface area contributed by atoms with Gasteiger partial charge in [-0.25, -0.2) is 4.68 Å². The van der Waals surface area contributed by atoms with Crippen molar-refractivity contribution in [3.63, 3.8) is 0 Å². The van der Waals surface area contributed by atoms with E-state index in [-0.39, 0.29) is 35.8 Å². The maximum Gasteiger partial charge on any atom is 0.243 e. The number of likely N-dealkylation sites (tertiary alicyclic amines) is 1. The number of nitrogens with one attached hydrogen (secondary N) is 2. The Kier molecular flexibility index (Phi) is 9.95. The molecule has 9 heteroatoms. The van der Waals surface area contributed by atoms with Gasteiger partial charge in [0.25, 0.3) is 0 Å². The highest BCUT2D eigenvalue weighted by Crippen LogP contribution is 2.31. The largest absolute Gasteiger partial charge is 0.491 e. The van der Waals surface area contributed by atoms with E-state index in [9.17, 15) is 9.59 Å². The molecule has 2 fully saturated rings. The number of nitrogens with zero attached hydrogens (tertiary/aromatic N) is 4. The molecule has 5 rings (SSSR count). The third-order valence-electron chi connectivity index (χ3n) is 8.59. The molecule has 0 saturated carbocycles. The quantitative estimate of drug-likeness (QED) is 0.316. The number of allylic oxidation sites excluding steroid dienone is 4. The van der Waals surface area contributed by atoms with Gasteiger partial charge in [0, 0.05) is 26.7 Å². The molecule has 2 aromatic carbocycles. The Bertz CT molecular complexity index is 1540. The highest BCUT2D eigenvalue weighted by Gasteiger charge is 2.43. The number of hydrogen-bond donors (Lipinski definition) is 2. The predicted molar refractivity (Wildman–Crippen MR) is 173 cm³/mol. The zero-order valence-corrected chi connectivity index (χ0v) is 26.2. The maximum atomic E-state index is 14.0. The Morgan fingerprint density at radius 2 is 1.93 bits per heavy atom. The van der Waals surface area contributed by atoms with Crippen molar-refractivity contribution in [2.45, 2.75) is 64.8 Å². The molecule has 4 atom stereocenters. The Morgan fingerprint density at radius 1 is 1.16 bits per heavy atom. The lowest BCUT2D eigenvalue weighted by atomic mass is 9.95. The molecule has 0 radical (unpaired) electrons. The molecule has 44 heavy (non-hydrogen) atoms. The average molecular weight is 597 g/mol. The normalized spacial score (nSPS) is 22.3. The fourth-order valence-electron chi connectivity index (χ4n) is 6.40. The number of aromatic nitrogens is 3. The Labute approximate surface area is 260 Å². The van der Waals surface area contributed by atoms with Crippen LogP contribution in [0.5, 0.6) is 5.75 Å². The fraction of sp³-hybridized carbons (Fsp3) is 0.429. The molecule has 0 bridgehead atoms. The van der Waals surface area contributed by atoms with Gasteiger partial charge in [0.05, 0.1) is 17.7 Å². The lowest BCUT2D eigenvalue weighted by molar-refractivity contribution is -0.139. The second-order valence-corrected chi connectivity index (χ2v) is 12.2. The first kappa shape index (κ1) is 31.2. The number of carbonyl (C=O) groups excluding carboxylic acids is 2. The number of amides is 2. The molecule has 0 spiro atoms. The van der Waals surface area contributed by atoms with Crippen molar-refractivity contribution in [3.05, 3.63) is 90.0 Å². The molecule has 3 aromatic rings. The second-order valence-electron chi connectivity index (χ2n) is 12.2. The molecule has 232 valence electrons. The summed E-state index contributed by atoms with van der Waals surface area (Å²) >= 11 is 0. The van der Waals surface area contributed by atoms with Gasteiger partial charge < -0.3 is 20.3 Å². The first-order chi connectivity index (χ1) is 21.2. The van der Waals surface area contributed by atoms with Crippen molar-refractivity contribution in [2.24, 2.45) is 18.9 Å². The summed E-state index contributed by atoms with van der Waals surface area (Å²) in [6.45, 7) is 11.4. The number of benzene rings is 2. The highest BCUT2D eigenvalue weighted by molar-refractivity contribution is 5.90. The predicted octanol–water partition coefficient (Wildman–Crippen LogP) is 4.50. The van der Waals surface area contributed by atoms with Gasteiger partial charge >= 0.3 is 0 Å². The van der Waals surface area contributed by atoms with Gasteiger partial charge in [0.1, 0.15) is 17.3 Å². The van der Waals surface area contributed by atoms with Crippen molar-refractivity contribution in [1.82, 2.24) is 30.5 Å². The van der Waals surface area contributed by atoms with Crippen LogP contribution in [0, 0.1) is 11.8 Å². The van der Waals surface area contributed by atoms with E-state index >= 15 is 0 Å². The second kappa shape index (κ2) is 14.0. The SMILES string of the molecule is C=C/C=C\C(=C/C)C1CNC(C(=O)N2CC(Cc3ccc(OC(C)C)cc3)CC2C(=O)NCc2ccc3c(c2)nnn3C)C1. The minimum absolute atomic E-state index is 0.0000332. The van der Waals surface area contributed by atoms with Gasteiger partial charge in [-0.3, -0.25) is 9.59 Å².